The summed E-state index contributed by atoms with van der Waals surface area (Å²) in [6, 6.07) is 6.35. The summed E-state index contributed by atoms with van der Waals surface area (Å²) in [5.74, 6) is 0. The lowest BCUT2D eigenvalue weighted by molar-refractivity contribution is -0.137. The Hall–Kier alpha value is -1.07. The summed E-state index contributed by atoms with van der Waals surface area (Å²) in [6.07, 6.45) is -3.16. The quantitative estimate of drug-likeness (QED) is 0.914. The second-order valence-corrected chi connectivity index (χ2v) is 5.61. The van der Waals surface area contributed by atoms with E-state index in [1.807, 2.05) is 0 Å². The van der Waals surface area contributed by atoms with E-state index in [0.29, 0.717) is 18.6 Å². The van der Waals surface area contributed by atoms with E-state index in [0.717, 1.165) is 25.1 Å². The normalized spacial score (nSPS) is 20.1. The standard InChI is InChI=1S/C15H21F3N2/c1-11(2)20(14-7-8-19-9-14)10-12-3-5-13(6-4-12)15(16,17)18/h3-6,11,14,19H,7-10H2,1-2H3. The smallest absolute Gasteiger partial charge is 0.315 e. The van der Waals surface area contributed by atoms with Crippen molar-refractivity contribution in [3.63, 3.8) is 0 Å². The van der Waals surface area contributed by atoms with Crippen molar-refractivity contribution in [2.24, 2.45) is 0 Å². The van der Waals surface area contributed by atoms with Crippen LogP contribution in [0.5, 0.6) is 0 Å². The first-order valence-corrected chi connectivity index (χ1v) is 7.00. The fraction of sp³-hybridized carbons (Fsp3) is 0.600. The van der Waals surface area contributed by atoms with Gasteiger partial charge in [-0.1, -0.05) is 12.1 Å². The van der Waals surface area contributed by atoms with Crippen LogP contribution in [0.15, 0.2) is 24.3 Å². The molecular formula is C15H21F3N2. The molecule has 1 heterocycles. The molecule has 1 aliphatic heterocycles. The van der Waals surface area contributed by atoms with Gasteiger partial charge in [0.15, 0.2) is 0 Å². The van der Waals surface area contributed by atoms with Crippen molar-refractivity contribution < 1.29 is 13.2 Å². The molecule has 1 saturated heterocycles. The highest BCUT2D eigenvalue weighted by Gasteiger charge is 2.30. The van der Waals surface area contributed by atoms with Gasteiger partial charge in [0.1, 0.15) is 0 Å². The molecule has 1 unspecified atom stereocenters. The van der Waals surface area contributed by atoms with Crippen molar-refractivity contribution in [3.8, 4) is 0 Å². The van der Waals surface area contributed by atoms with Gasteiger partial charge in [-0.15, -0.1) is 0 Å². The van der Waals surface area contributed by atoms with Gasteiger partial charge in [0, 0.05) is 25.2 Å². The lowest BCUT2D eigenvalue weighted by Crippen LogP contribution is -2.41. The Morgan fingerprint density at radius 1 is 1.25 bits per heavy atom. The van der Waals surface area contributed by atoms with E-state index >= 15 is 0 Å². The molecule has 0 saturated carbocycles. The fourth-order valence-corrected chi connectivity index (χ4v) is 2.67. The number of hydrogen-bond acceptors (Lipinski definition) is 2. The zero-order chi connectivity index (χ0) is 14.8. The molecule has 1 atom stereocenters. The fourth-order valence-electron chi connectivity index (χ4n) is 2.67. The average Bonchev–Trinajstić information content (AvgIpc) is 2.88. The van der Waals surface area contributed by atoms with Crippen LogP contribution >= 0.6 is 0 Å². The van der Waals surface area contributed by atoms with E-state index < -0.39 is 11.7 Å². The van der Waals surface area contributed by atoms with Crippen molar-refractivity contribution in [1.82, 2.24) is 10.2 Å². The Morgan fingerprint density at radius 3 is 2.35 bits per heavy atom. The molecule has 1 aromatic carbocycles. The van der Waals surface area contributed by atoms with E-state index in [9.17, 15) is 13.2 Å². The van der Waals surface area contributed by atoms with E-state index in [4.69, 9.17) is 0 Å². The molecule has 112 valence electrons. The SMILES string of the molecule is CC(C)N(Cc1ccc(C(F)(F)F)cc1)C1CCNC1. The van der Waals surface area contributed by atoms with Crippen molar-refractivity contribution in [2.45, 2.75) is 45.1 Å². The maximum Gasteiger partial charge on any atom is 0.416 e. The van der Waals surface area contributed by atoms with Crippen LogP contribution < -0.4 is 5.32 Å². The monoisotopic (exact) mass is 286 g/mol. The summed E-state index contributed by atoms with van der Waals surface area (Å²) >= 11 is 0. The third-order valence-electron chi connectivity index (χ3n) is 3.81. The Kier molecular flexibility index (Phi) is 4.70. The van der Waals surface area contributed by atoms with E-state index in [1.54, 1.807) is 12.1 Å². The number of benzene rings is 1. The van der Waals surface area contributed by atoms with Crippen LogP contribution in [-0.4, -0.2) is 30.1 Å². The number of hydrogen-bond donors (Lipinski definition) is 1. The van der Waals surface area contributed by atoms with Crippen LogP contribution in [0.1, 0.15) is 31.4 Å². The first-order chi connectivity index (χ1) is 9.38. The van der Waals surface area contributed by atoms with Gasteiger partial charge in [-0.3, -0.25) is 4.90 Å². The van der Waals surface area contributed by atoms with Gasteiger partial charge in [-0.2, -0.15) is 13.2 Å². The van der Waals surface area contributed by atoms with Crippen LogP contribution in [0, 0.1) is 0 Å². The van der Waals surface area contributed by atoms with Gasteiger partial charge in [0.05, 0.1) is 5.56 Å². The summed E-state index contributed by atoms with van der Waals surface area (Å²) in [6.45, 7) is 6.92. The molecule has 0 spiro atoms. The summed E-state index contributed by atoms with van der Waals surface area (Å²) in [5.41, 5.74) is 0.346. The topological polar surface area (TPSA) is 15.3 Å². The Balaban J connectivity index is 2.07. The molecular weight excluding hydrogens is 265 g/mol. The third kappa shape index (κ3) is 3.73. The maximum atomic E-state index is 12.5. The van der Waals surface area contributed by atoms with Crippen molar-refractivity contribution in [1.29, 1.82) is 0 Å². The number of nitrogens with zero attached hydrogens (tertiary/aromatic N) is 1. The molecule has 2 rings (SSSR count). The first-order valence-electron chi connectivity index (χ1n) is 7.00. The molecule has 1 aliphatic rings. The zero-order valence-corrected chi connectivity index (χ0v) is 11.9. The third-order valence-corrected chi connectivity index (χ3v) is 3.81. The van der Waals surface area contributed by atoms with Gasteiger partial charge in [0.25, 0.3) is 0 Å². The van der Waals surface area contributed by atoms with Gasteiger partial charge in [-0.25, -0.2) is 0 Å². The van der Waals surface area contributed by atoms with E-state index in [2.05, 4.69) is 24.1 Å². The Morgan fingerprint density at radius 2 is 1.90 bits per heavy atom. The molecule has 1 aromatic rings. The molecule has 1 fully saturated rings. The molecule has 5 heteroatoms. The molecule has 1 N–H and O–H groups in total. The highest BCUT2D eigenvalue weighted by Crippen LogP contribution is 2.29. The van der Waals surface area contributed by atoms with Crippen LogP contribution in [0.25, 0.3) is 0 Å². The minimum Gasteiger partial charge on any atom is -0.315 e. The van der Waals surface area contributed by atoms with Gasteiger partial charge in [-0.05, 0) is 44.5 Å². The second kappa shape index (κ2) is 6.14. The maximum absolute atomic E-state index is 12.5. The summed E-state index contributed by atoms with van der Waals surface area (Å²) in [5, 5.41) is 3.33. The molecule has 0 bridgehead atoms. The van der Waals surface area contributed by atoms with E-state index in [-0.39, 0.29) is 0 Å². The van der Waals surface area contributed by atoms with Crippen molar-refractivity contribution in [2.75, 3.05) is 13.1 Å². The molecule has 0 radical (unpaired) electrons. The molecule has 20 heavy (non-hydrogen) atoms. The lowest BCUT2D eigenvalue weighted by atomic mass is 10.1. The number of nitrogens with one attached hydrogen (secondary N) is 1. The largest absolute Gasteiger partial charge is 0.416 e. The number of alkyl halides is 3. The summed E-state index contributed by atoms with van der Waals surface area (Å²) in [7, 11) is 0. The summed E-state index contributed by atoms with van der Waals surface area (Å²) < 4.78 is 37.6. The average molecular weight is 286 g/mol. The highest BCUT2D eigenvalue weighted by molar-refractivity contribution is 5.24. The minimum atomic E-state index is -4.26. The summed E-state index contributed by atoms with van der Waals surface area (Å²) in [4.78, 5) is 2.35. The number of rotatable bonds is 4. The van der Waals surface area contributed by atoms with Crippen LogP contribution in [0.2, 0.25) is 0 Å². The van der Waals surface area contributed by atoms with Gasteiger partial charge >= 0.3 is 6.18 Å². The molecule has 2 nitrogen and oxygen atoms in total. The molecule has 0 aliphatic carbocycles. The first kappa shape index (κ1) is 15.3. The molecule has 0 amide bonds. The van der Waals surface area contributed by atoms with Gasteiger partial charge in [0.2, 0.25) is 0 Å². The highest BCUT2D eigenvalue weighted by atomic mass is 19.4. The number of halogens is 3. The van der Waals surface area contributed by atoms with Crippen molar-refractivity contribution in [3.05, 3.63) is 35.4 Å². The Labute approximate surface area is 118 Å². The minimum absolute atomic E-state index is 0.377. The van der Waals surface area contributed by atoms with Crippen molar-refractivity contribution >= 4 is 0 Å². The van der Waals surface area contributed by atoms with Gasteiger partial charge < -0.3 is 5.32 Å². The van der Waals surface area contributed by atoms with Crippen LogP contribution in [0.4, 0.5) is 13.2 Å². The second-order valence-electron chi connectivity index (χ2n) is 5.61. The molecule has 0 aromatic heterocycles. The zero-order valence-electron chi connectivity index (χ0n) is 11.9. The predicted octanol–water partition coefficient (Wildman–Crippen LogP) is 3.28. The van der Waals surface area contributed by atoms with Crippen LogP contribution in [-0.2, 0) is 12.7 Å². The lowest BCUT2D eigenvalue weighted by Gasteiger charge is -2.32. The Bertz CT molecular complexity index is 420. The predicted molar refractivity (Wildman–Crippen MR) is 73.4 cm³/mol. The van der Waals surface area contributed by atoms with Crippen LogP contribution in [0.3, 0.4) is 0 Å². The van der Waals surface area contributed by atoms with E-state index in [1.165, 1.54) is 12.1 Å².